The molecule has 1 atom stereocenters. The van der Waals surface area contributed by atoms with Crippen molar-refractivity contribution >= 4 is 23.4 Å². The Kier molecular flexibility index (Phi) is 2.46. The second-order valence-electron chi connectivity index (χ2n) is 3.60. The van der Waals surface area contributed by atoms with E-state index < -0.39 is 22.4 Å². The molecule has 0 saturated carbocycles. The largest absolute Gasteiger partial charge is 0.467 e. The molecule has 0 radical (unpaired) electrons. The summed E-state index contributed by atoms with van der Waals surface area (Å²) >= 11 is 5.94. The first kappa shape index (κ1) is 11.1. The maximum atomic E-state index is 13.0. The molecule has 0 spiro atoms. The van der Waals surface area contributed by atoms with Crippen LogP contribution in [0.15, 0.2) is 18.2 Å². The third-order valence-corrected chi connectivity index (χ3v) is 3.08. The maximum absolute atomic E-state index is 13.0. The number of Topliss-reactive ketones (excluding diaryl/α,β-unsaturated/α-hetero) is 1. The van der Waals surface area contributed by atoms with Crippen LogP contribution in [-0.4, -0.2) is 23.7 Å². The highest BCUT2D eigenvalue weighted by molar-refractivity contribution is 6.49. The summed E-state index contributed by atoms with van der Waals surface area (Å²) in [7, 11) is 1.16. The molecule has 0 aliphatic heterocycles. The Hall–Kier alpha value is -1.42. The number of carbonyl (C=O) groups excluding carboxylic acids is 2. The summed E-state index contributed by atoms with van der Waals surface area (Å²) in [5.41, 5.74) is 0.715. The monoisotopic (exact) mass is 242 g/mol. The van der Waals surface area contributed by atoms with Gasteiger partial charge in [0.1, 0.15) is 5.82 Å². The van der Waals surface area contributed by atoms with E-state index in [1.165, 1.54) is 12.1 Å². The molecule has 0 amide bonds. The minimum Gasteiger partial charge on any atom is -0.467 e. The summed E-state index contributed by atoms with van der Waals surface area (Å²) < 4.78 is 17.4. The fraction of sp³-hybridized carbons (Fsp3) is 0.273. The van der Waals surface area contributed by atoms with Crippen molar-refractivity contribution in [2.45, 2.75) is 11.3 Å². The number of rotatable bonds is 1. The molecule has 3 nitrogen and oxygen atoms in total. The molecule has 0 N–H and O–H groups in total. The Bertz CT molecular complexity index is 486. The number of halogens is 2. The van der Waals surface area contributed by atoms with Gasteiger partial charge in [0.05, 0.1) is 7.11 Å². The Morgan fingerprint density at radius 1 is 1.56 bits per heavy atom. The number of benzene rings is 1. The molecule has 0 heterocycles. The van der Waals surface area contributed by atoms with Crippen molar-refractivity contribution < 1.29 is 18.7 Å². The SMILES string of the molecule is COC(=O)[C@@]1(Cl)Cc2ccc(F)cc2C1=O. The first-order valence-corrected chi connectivity index (χ1v) is 4.97. The van der Waals surface area contributed by atoms with E-state index >= 15 is 0 Å². The molecular weight excluding hydrogens is 235 g/mol. The van der Waals surface area contributed by atoms with Crippen LogP contribution < -0.4 is 0 Å². The van der Waals surface area contributed by atoms with E-state index in [1.807, 2.05) is 0 Å². The Morgan fingerprint density at radius 2 is 2.25 bits per heavy atom. The van der Waals surface area contributed by atoms with Crippen LogP contribution in [0.2, 0.25) is 0 Å². The zero-order valence-corrected chi connectivity index (χ0v) is 9.18. The lowest BCUT2D eigenvalue weighted by molar-refractivity contribution is -0.142. The van der Waals surface area contributed by atoms with Gasteiger partial charge in [0.15, 0.2) is 5.78 Å². The molecule has 84 valence electrons. The highest BCUT2D eigenvalue weighted by atomic mass is 35.5. The molecule has 1 aromatic rings. The number of methoxy groups -OCH3 is 1. The van der Waals surface area contributed by atoms with E-state index in [9.17, 15) is 14.0 Å². The summed E-state index contributed by atoms with van der Waals surface area (Å²) in [5.74, 6) is -1.94. The lowest BCUT2D eigenvalue weighted by Gasteiger charge is -2.15. The van der Waals surface area contributed by atoms with Crippen molar-refractivity contribution in [1.29, 1.82) is 0 Å². The number of ketones is 1. The van der Waals surface area contributed by atoms with Crippen molar-refractivity contribution in [3.8, 4) is 0 Å². The van der Waals surface area contributed by atoms with Gasteiger partial charge in [-0.3, -0.25) is 4.79 Å². The lowest BCUT2D eigenvalue weighted by Crippen LogP contribution is -2.39. The number of alkyl halides is 1. The second-order valence-corrected chi connectivity index (χ2v) is 4.25. The Morgan fingerprint density at radius 3 is 2.88 bits per heavy atom. The van der Waals surface area contributed by atoms with Crippen LogP contribution in [0.5, 0.6) is 0 Å². The van der Waals surface area contributed by atoms with Crippen molar-refractivity contribution in [2.24, 2.45) is 0 Å². The molecule has 0 bridgehead atoms. The molecule has 0 aromatic heterocycles. The van der Waals surface area contributed by atoms with Gasteiger partial charge >= 0.3 is 5.97 Å². The van der Waals surface area contributed by atoms with E-state index in [4.69, 9.17) is 11.6 Å². The number of hydrogen-bond donors (Lipinski definition) is 0. The first-order valence-electron chi connectivity index (χ1n) is 4.59. The third kappa shape index (κ3) is 1.41. The zero-order valence-electron chi connectivity index (χ0n) is 8.42. The molecule has 16 heavy (non-hydrogen) atoms. The molecule has 2 rings (SSSR count). The van der Waals surface area contributed by atoms with Crippen molar-refractivity contribution in [1.82, 2.24) is 0 Å². The van der Waals surface area contributed by atoms with E-state index in [0.29, 0.717) is 5.56 Å². The van der Waals surface area contributed by atoms with E-state index in [1.54, 1.807) is 0 Å². The van der Waals surface area contributed by atoms with E-state index in [2.05, 4.69) is 4.74 Å². The highest BCUT2D eigenvalue weighted by Crippen LogP contribution is 2.36. The van der Waals surface area contributed by atoms with Crippen molar-refractivity contribution in [3.05, 3.63) is 35.1 Å². The average Bonchev–Trinajstić information content (AvgIpc) is 2.52. The zero-order chi connectivity index (χ0) is 11.9. The van der Waals surface area contributed by atoms with Crippen molar-refractivity contribution in [2.75, 3.05) is 7.11 Å². The van der Waals surface area contributed by atoms with Crippen LogP contribution in [0.25, 0.3) is 0 Å². The molecule has 1 aliphatic rings. The highest BCUT2D eigenvalue weighted by Gasteiger charge is 2.51. The van der Waals surface area contributed by atoms with Gasteiger partial charge in [-0.2, -0.15) is 0 Å². The predicted molar refractivity (Wildman–Crippen MR) is 55.0 cm³/mol. The van der Waals surface area contributed by atoms with Crippen LogP contribution in [0, 0.1) is 5.82 Å². The number of fused-ring (bicyclic) bond motifs is 1. The molecule has 1 aromatic carbocycles. The van der Waals surface area contributed by atoms with Crippen LogP contribution >= 0.6 is 11.6 Å². The minimum atomic E-state index is -1.73. The minimum absolute atomic E-state index is 0.0374. The molecular formula is C11H8ClFO3. The fourth-order valence-corrected chi connectivity index (χ4v) is 2.12. The summed E-state index contributed by atoms with van der Waals surface area (Å²) in [6.45, 7) is 0. The molecule has 1 aliphatic carbocycles. The predicted octanol–water partition coefficient (Wildman–Crippen LogP) is 1.72. The summed E-state index contributed by atoms with van der Waals surface area (Å²) in [6, 6.07) is 3.77. The van der Waals surface area contributed by atoms with Crippen LogP contribution in [0.4, 0.5) is 4.39 Å². The van der Waals surface area contributed by atoms with Gasteiger partial charge in [0, 0.05) is 12.0 Å². The van der Waals surface area contributed by atoms with Gasteiger partial charge in [0.25, 0.3) is 0 Å². The Labute approximate surface area is 96.2 Å². The number of esters is 1. The van der Waals surface area contributed by atoms with E-state index in [-0.39, 0.29) is 12.0 Å². The smallest absolute Gasteiger partial charge is 0.335 e. The van der Waals surface area contributed by atoms with Gasteiger partial charge < -0.3 is 4.74 Å². The van der Waals surface area contributed by atoms with Gasteiger partial charge in [-0.25, -0.2) is 9.18 Å². The lowest BCUT2D eigenvalue weighted by atomic mass is 10.0. The number of ether oxygens (including phenoxy) is 1. The topological polar surface area (TPSA) is 43.4 Å². The van der Waals surface area contributed by atoms with Gasteiger partial charge in [0.2, 0.25) is 4.87 Å². The fourth-order valence-electron chi connectivity index (χ4n) is 1.80. The van der Waals surface area contributed by atoms with Gasteiger partial charge in [-0.1, -0.05) is 17.7 Å². The standard InChI is InChI=1S/C11H8ClFO3/c1-16-10(15)11(12)5-6-2-3-7(13)4-8(6)9(11)14/h2-4H,5H2,1H3/t11-/m1/s1. The number of carbonyl (C=O) groups is 2. The van der Waals surface area contributed by atoms with E-state index in [0.717, 1.165) is 13.2 Å². The molecule has 5 heteroatoms. The second kappa shape index (κ2) is 3.56. The molecule has 0 fully saturated rings. The van der Waals surface area contributed by atoms with Gasteiger partial charge in [-0.15, -0.1) is 0 Å². The summed E-state index contributed by atoms with van der Waals surface area (Å²) in [6.07, 6.45) is 0.0374. The third-order valence-electron chi connectivity index (χ3n) is 2.62. The Balaban J connectivity index is 2.49. The number of hydrogen-bond acceptors (Lipinski definition) is 3. The van der Waals surface area contributed by atoms with Crippen molar-refractivity contribution in [3.63, 3.8) is 0 Å². The average molecular weight is 243 g/mol. The molecule has 0 saturated heterocycles. The molecule has 0 unspecified atom stereocenters. The normalized spacial score (nSPS) is 23.1. The summed E-state index contributed by atoms with van der Waals surface area (Å²) in [5, 5.41) is 0. The maximum Gasteiger partial charge on any atom is 0.335 e. The first-order chi connectivity index (χ1) is 7.49. The quantitative estimate of drug-likeness (QED) is 0.428. The van der Waals surface area contributed by atoms with Gasteiger partial charge in [-0.05, 0) is 17.7 Å². The van der Waals surface area contributed by atoms with Crippen LogP contribution in [0.1, 0.15) is 15.9 Å². The van der Waals surface area contributed by atoms with Crippen LogP contribution in [0.3, 0.4) is 0 Å². The van der Waals surface area contributed by atoms with Crippen LogP contribution in [-0.2, 0) is 16.0 Å². The summed E-state index contributed by atoms with van der Waals surface area (Å²) in [4.78, 5) is 21.6.